The fourth-order valence-corrected chi connectivity index (χ4v) is 2.77. The molecule has 0 aliphatic rings. The highest BCUT2D eigenvalue weighted by Gasteiger charge is 2.17. The first kappa shape index (κ1) is 17.2. The van der Waals surface area contributed by atoms with Crippen LogP contribution in [-0.2, 0) is 9.47 Å². The molecule has 0 aromatic heterocycles. The second kappa shape index (κ2) is 8.40. The first-order valence-corrected chi connectivity index (χ1v) is 7.41. The van der Waals surface area contributed by atoms with Gasteiger partial charge in [0.05, 0.1) is 25.4 Å². The molecule has 1 rings (SSSR count). The molecule has 3 nitrogen and oxygen atoms in total. The summed E-state index contributed by atoms with van der Waals surface area (Å²) in [5.41, 5.74) is 5.34. The lowest BCUT2D eigenvalue weighted by atomic mass is 9.94. The largest absolute Gasteiger partial charge is 0.382 e. The molecule has 1 aromatic carbocycles. The van der Waals surface area contributed by atoms with Gasteiger partial charge in [0.2, 0.25) is 0 Å². The third kappa shape index (κ3) is 4.89. The van der Waals surface area contributed by atoms with Crippen LogP contribution in [-0.4, -0.2) is 33.0 Å². The lowest BCUT2D eigenvalue weighted by Crippen LogP contribution is -2.29. The third-order valence-electron chi connectivity index (χ3n) is 3.49. The van der Waals surface area contributed by atoms with E-state index in [-0.39, 0.29) is 12.1 Å². The summed E-state index contributed by atoms with van der Waals surface area (Å²) in [4.78, 5) is 0. The fourth-order valence-electron chi connectivity index (χ4n) is 2.77. The number of likely N-dealkylation sites (N-methyl/N-ethyl adjacent to an activating group) is 1. The van der Waals surface area contributed by atoms with Crippen molar-refractivity contribution in [2.24, 2.45) is 0 Å². The lowest BCUT2D eigenvalue weighted by molar-refractivity contribution is -0.000510. The van der Waals surface area contributed by atoms with E-state index in [4.69, 9.17) is 9.47 Å². The van der Waals surface area contributed by atoms with Crippen LogP contribution in [0.5, 0.6) is 0 Å². The van der Waals surface area contributed by atoms with E-state index in [0.29, 0.717) is 13.2 Å². The van der Waals surface area contributed by atoms with E-state index >= 15 is 0 Å². The van der Waals surface area contributed by atoms with Crippen molar-refractivity contribution in [3.63, 3.8) is 0 Å². The molecule has 3 heteroatoms. The summed E-state index contributed by atoms with van der Waals surface area (Å²) in [7, 11) is 1.70. The maximum atomic E-state index is 5.90. The van der Waals surface area contributed by atoms with Gasteiger partial charge in [-0.25, -0.2) is 0 Å². The smallest absolute Gasteiger partial charge is 0.0781 e. The summed E-state index contributed by atoms with van der Waals surface area (Å²) >= 11 is 0. The number of hydrogen-bond donors (Lipinski definition) is 1. The first-order valence-electron chi connectivity index (χ1n) is 7.41. The Morgan fingerprint density at radius 1 is 1.10 bits per heavy atom. The Bertz CT molecular complexity index is 394. The van der Waals surface area contributed by atoms with Crippen LogP contribution in [0.25, 0.3) is 0 Å². The average molecular weight is 279 g/mol. The molecule has 0 heterocycles. The fraction of sp³-hybridized carbons (Fsp3) is 0.647. The SMILES string of the molecule is CCNC(COC(C)COC)c1c(C)cc(C)cc1C. The molecule has 0 spiro atoms. The molecule has 0 aliphatic heterocycles. The van der Waals surface area contributed by atoms with E-state index < -0.39 is 0 Å². The highest BCUT2D eigenvalue weighted by Crippen LogP contribution is 2.24. The maximum Gasteiger partial charge on any atom is 0.0781 e. The van der Waals surface area contributed by atoms with Crippen molar-refractivity contribution in [3.05, 3.63) is 34.4 Å². The van der Waals surface area contributed by atoms with E-state index in [9.17, 15) is 0 Å². The van der Waals surface area contributed by atoms with Gasteiger partial charge in [-0.05, 0) is 50.9 Å². The quantitative estimate of drug-likeness (QED) is 0.792. The normalized spacial score (nSPS) is 14.3. The van der Waals surface area contributed by atoms with Gasteiger partial charge in [-0.1, -0.05) is 24.6 Å². The van der Waals surface area contributed by atoms with Crippen molar-refractivity contribution in [1.82, 2.24) is 5.32 Å². The molecule has 0 radical (unpaired) electrons. The minimum atomic E-state index is 0.118. The van der Waals surface area contributed by atoms with E-state index in [1.807, 2.05) is 6.92 Å². The minimum Gasteiger partial charge on any atom is -0.382 e. The van der Waals surface area contributed by atoms with Crippen LogP contribution in [0.4, 0.5) is 0 Å². The summed E-state index contributed by atoms with van der Waals surface area (Å²) in [6, 6.07) is 4.72. The van der Waals surface area contributed by atoms with Crippen LogP contribution < -0.4 is 5.32 Å². The van der Waals surface area contributed by atoms with Gasteiger partial charge in [-0.2, -0.15) is 0 Å². The Kier molecular flexibility index (Phi) is 7.20. The van der Waals surface area contributed by atoms with Gasteiger partial charge in [0, 0.05) is 7.11 Å². The van der Waals surface area contributed by atoms with Crippen molar-refractivity contribution in [2.45, 2.75) is 46.8 Å². The summed E-state index contributed by atoms with van der Waals surface area (Å²) in [6.07, 6.45) is 0.118. The number of methoxy groups -OCH3 is 1. The molecule has 1 N–H and O–H groups in total. The Labute approximate surface area is 123 Å². The molecule has 0 aliphatic carbocycles. The molecule has 0 saturated heterocycles. The molecule has 1 aromatic rings. The highest BCUT2D eigenvalue weighted by molar-refractivity contribution is 5.39. The first-order chi connectivity index (χ1) is 9.49. The predicted molar refractivity (Wildman–Crippen MR) is 84.4 cm³/mol. The lowest BCUT2D eigenvalue weighted by Gasteiger charge is -2.24. The maximum absolute atomic E-state index is 5.90. The Morgan fingerprint density at radius 2 is 1.70 bits per heavy atom. The van der Waals surface area contributed by atoms with E-state index in [1.165, 1.54) is 22.3 Å². The van der Waals surface area contributed by atoms with Gasteiger partial charge in [0.25, 0.3) is 0 Å². The van der Waals surface area contributed by atoms with Crippen LogP contribution in [0.3, 0.4) is 0 Å². The van der Waals surface area contributed by atoms with Gasteiger partial charge in [0.1, 0.15) is 0 Å². The van der Waals surface area contributed by atoms with Gasteiger partial charge in [-0.15, -0.1) is 0 Å². The summed E-state index contributed by atoms with van der Waals surface area (Å²) in [5.74, 6) is 0. The molecule has 0 bridgehead atoms. The van der Waals surface area contributed by atoms with E-state index in [2.05, 4.69) is 45.1 Å². The zero-order valence-corrected chi connectivity index (χ0v) is 13.7. The Morgan fingerprint density at radius 3 is 2.20 bits per heavy atom. The van der Waals surface area contributed by atoms with Gasteiger partial charge in [-0.3, -0.25) is 0 Å². The number of benzene rings is 1. The number of hydrogen-bond acceptors (Lipinski definition) is 3. The van der Waals surface area contributed by atoms with E-state index in [1.54, 1.807) is 7.11 Å². The van der Waals surface area contributed by atoms with Crippen LogP contribution in [0.1, 0.15) is 42.1 Å². The van der Waals surface area contributed by atoms with Crippen molar-refractivity contribution >= 4 is 0 Å². The van der Waals surface area contributed by atoms with Crippen LogP contribution in [0, 0.1) is 20.8 Å². The number of nitrogens with one attached hydrogen (secondary N) is 1. The molecule has 0 saturated carbocycles. The topological polar surface area (TPSA) is 30.5 Å². The molecule has 2 atom stereocenters. The van der Waals surface area contributed by atoms with Gasteiger partial charge >= 0.3 is 0 Å². The van der Waals surface area contributed by atoms with Crippen LogP contribution >= 0.6 is 0 Å². The number of rotatable bonds is 8. The molecule has 2 unspecified atom stereocenters. The van der Waals surface area contributed by atoms with Crippen molar-refractivity contribution < 1.29 is 9.47 Å². The van der Waals surface area contributed by atoms with E-state index in [0.717, 1.165) is 6.54 Å². The molecule has 0 fully saturated rings. The van der Waals surface area contributed by atoms with Gasteiger partial charge < -0.3 is 14.8 Å². The molecule has 0 amide bonds. The number of ether oxygens (including phenoxy) is 2. The molecule has 114 valence electrons. The minimum absolute atomic E-state index is 0.118. The zero-order valence-electron chi connectivity index (χ0n) is 13.7. The average Bonchev–Trinajstić information content (AvgIpc) is 2.35. The highest BCUT2D eigenvalue weighted by atomic mass is 16.5. The van der Waals surface area contributed by atoms with Crippen molar-refractivity contribution in [1.29, 1.82) is 0 Å². The second-order valence-electron chi connectivity index (χ2n) is 5.52. The van der Waals surface area contributed by atoms with Crippen LogP contribution in [0.15, 0.2) is 12.1 Å². The molecule has 20 heavy (non-hydrogen) atoms. The predicted octanol–water partition coefficient (Wildman–Crippen LogP) is 3.31. The standard InChI is InChI=1S/C17H29NO2/c1-7-18-16(11-20-15(5)10-19-6)17-13(3)8-12(2)9-14(17)4/h8-9,15-16,18H,7,10-11H2,1-6H3. The monoisotopic (exact) mass is 279 g/mol. The zero-order chi connectivity index (χ0) is 15.1. The van der Waals surface area contributed by atoms with Crippen molar-refractivity contribution in [2.75, 3.05) is 26.9 Å². The molecular weight excluding hydrogens is 250 g/mol. The number of aryl methyl sites for hydroxylation is 3. The summed E-state index contributed by atoms with van der Waals surface area (Å²) in [6.45, 7) is 12.9. The second-order valence-corrected chi connectivity index (χ2v) is 5.52. The summed E-state index contributed by atoms with van der Waals surface area (Å²) < 4.78 is 11.0. The Hall–Kier alpha value is -0.900. The van der Waals surface area contributed by atoms with Crippen molar-refractivity contribution in [3.8, 4) is 0 Å². The summed E-state index contributed by atoms with van der Waals surface area (Å²) in [5, 5.41) is 3.53. The Balaban J connectivity index is 2.85. The molecular formula is C17H29NO2. The van der Waals surface area contributed by atoms with Gasteiger partial charge in [0.15, 0.2) is 0 Å². The van der Waals surface area contributed by atoms with Crippen LogP contribution in [0.2, 0.25) is 0 Å². The third-order valence-corrected chi connectivity index (χ3v) is 3.49.